The standard InChI is InChI=1S/C10H14N4/c1-7-8(4-2-3-5-11)6-9(12)10(13)14-7/h6H,3,5,11-12H2,1H3,(H2,13,14). The molecule has 0 spiro atoms. The molecule has 1 aromatic heterocycles. The molecule has 0 aliphatic carbocycles. The molecule has 0 aromatic carbocycles. The number of rotatable bonds is 1. The van der Waals surface area contributed by atoms with Crippen LogP contribution >= 0.6 is 0 Å². The van der Waals surface area contributed by atoms with Gasteiger partial charge in [0, 0.05) is 18.5 Å². The SMILES string of the molecule is Cc1nc(N)c(N)cc1C#CCCN. The molecule has 1 heterocycles. The summed E-state index contributed by atoms with van der Waals surface area (Å²) in [5.74, 6) is 6.23. The highest BCUT2D eigenvalue weighted by atomic mass is 14.9. The second kappa shape index (κ2) is 4.49. The average molecular weight is 190 g/mol. The summed E-state index contributed by atoms with van der Waals surface area (Å²) in [6.07, 6.45) is 0.670. The molecule has 1 aromatic rings. The molecule has 74 valence electrons. The molecule has 1 rings (SSSR count). The Labute approximate surface area is 83.5 Å². The Kier molecular flexibility index (Phi) is 3.32. The fourth-order valence-electron chi connectivity index (χ4n) is 0.996. The molecular formula is C10H14N4. The predicted molar refractivity (Wildman–Crippen MR) is 58.3 cm³/mol. The summed E-state index contributed by atoms with van der Waals surface area (Å²) >= 11 is 0. The first kappa shape index (κ1) is 10.4. The second-order valence-corrected chi connectivity index (χ2v) is 2.94. The molecule has 0 saturated heterocycles. The van der Waals surface area contributed by atoms with Crippen molar-refractivity contribution < 1.29 is 0 Å². The highest BCUT2D eigenvalue weighted by Gasteiger charge is 2.01. The summed E-state index contributed by atoms with van der Waals surface area (Å²) in [6, 6.07) is 1.74. The molecule has 0 radical (unpaired) electrons. The minimum absolute atomic E-state index is 0.354. The Morgan fingerprint density at radius 2 is 2.14 bits per heavy atom. The summed E-state index contributed by atoms with van der Waals surface area (Å²) in [6.45, 7) is 2.41. The third-order valence-corrected chi connectivity index (χ3v) is 1.77. The van der Waals surface area contributed by atoms with Gasteiger partial charge in [0.15, 0.2) is 0 Å². The summed E-state index contributed by atoms with van der Waals surface area (Å²) in [5, 5.41) is 0. The maximum absolute atomic E-state index is 5.61. The number of hydrogen-bond donors (Lipinski definition) is 3. The average Bonchev–Trinajstić information content (AvgIpc) is 2.14. The van der Waals surface area contributed by atoms with Gasteiger partial charge in [0.1, 0.15) is 5.82 Å². The molecule has 0 atom stereocenters. The highest BCUT2D eigenvalue weighted by Crippen LogP contribution is 2.15. The number of aryl methyl sites for hydroxylation is 1. The largest absolute Gasteiger partial charge is 0.396 e. The van der Waals surface area contributed by atoms with Gasteiger partial charge in [-0.3, -0.25) is 0 Å². The summed E-state index contributed by atoms with van der Waals surface area (Å²) in [7, 11) is 0. The molecule has 0 fully saturated rings. The van der Waals surface area contributed by atoms with Crippen LogP contribution in [0.5, 0.6) is 0 Å². The lowest BCUT2D eigenvalue weighted by molar-refractivity contribution is 1.03. The number of nitrogens with two attached hydrogens (primary N) is 3. The van der Waals surface area contributed by atoms with Gasteiger partial charge in [-0.15, -0.1) is 0 Å². The minimum Gasteiger partial charge on any atom is -0.396 e. The van der Waals surface area contributed by atoms with Gasteiger partial charge in [-0.1, -0.05) is 11.8 Å². The smallest absolute Gasteiger partial charge is 0.146 e. The lowest BCUT2D eigenvalue weighted by atomic mass is 10.2. The van der Waals surface area contributed by atoms with Crippen LogP contribution in [0.1, 0.15) is 17.7 Å². The molecule has 4 heteroatoms. The Morgan fingerprint density at radius 3 is 2.79 bits per heavy atom. The number of pyridine rings is 1. The van der Waals surface area contributed by atoms with Crippen molar-refractivity contribution in [1.82, 2.24) is 4.98 Å². The highest BCUT2D eigenvalue weighted by molar-refractivity contribution is 5.62. The second-order valence-electron chi connectivity index (χ2n) is 2.94. The fourth-order valence-corrected chi connectivity index (χ4v) is 0.996. The predicted octanol–water partition coefficient (Wildman–Crippen LogP) is 0.255. The molecule has 0 aliphatic heterocycles. The van der Waals surface area contributed by atoms with Crippen LogP contribution < -0.4 is 17.2 Å². The van der Waals surface area contributed by atoms with Crippen molar-refractivity contribution in [1.29, 1.82) is 0 Å². The monoisotopic (exact) mass is 190 g/mol. The Morgan fingerprint density at radius 1 is 1.43 bits per heavy atom. The molecule has 0 amide bonds. The van der Waals surface area contributed by atoms with Crippen LogP contribution in [0.15, 0.2) is 6.07 Å². The van der Waals surface area contributed by atoms with E-state index in [0.717, 1.165) is 11.3 Å². The van der Waals surface area contributed by atoms with Gasteiger partial charge in [-0.25, -0.2) is 4.98 Å². The number of hydrogen-bond acceptors (Lipinski definition) is 4. The summed E-state index contributed by atoms with van der Waals surface area (Å²) in [4.78, 5) is 4.07. The number of nitrogen functional groups attached to an aromatic ring is 2. The van der Waals surface area contributed by atoms with E-state index in [9.17, 15) is 0 Å². The van der Waals surface area contributed by atoms with Crippen LogP contribution in [0, 0.1) is 18.8 Å². The molecule has 4 nitrogen and oxygen atoms in total. The zero-order valence-electron chi connectivity index (χ0n) is 8.17. The first-order chi connectivity index (χ1) is 6.65. The van der Waals surface area contributed by atoms with Crippen molar-refractivity contribution in [2.45, 2.75) is 13.3 Å². The van der Waals surface area contributed by atoms with Crippen molar-refractivity contribution in [3.63, 3.8) is 0 Å². The van der Waals surface area contributed by atoms with E-state index < -0.39 is 0 Å². The van der Waals surface area contributed by atoms with E-state index in [4.69, 9.17) is 17.2 Å². The number of anilines is 2. The van der Waals surface area contributed by atoms with E-state index in [-0.39, 0.29) is 0 Å². The van der Waals surface area contributed by atoms with E-state index in [0.29, 0.717) is 24.5 Å². The fraction of sp³-hybridized carbons (Fsp3) is 0.300. The van der Waals surface area contributed by atoms with Crippen LogP contribution in [0.25, 0.3) is 0 Å². The van der Waals surface area contributed by atoms with Crippen LogP contribution in [0.3, 0.4) is 0 Å². The molecule has 6 N–H and O–H groups in total. The Bertz CT molecular complexity index is 387. The summed E-state index contributed by atoms with van der Waals surface area (Å²) < 4.78 is 0. The van der Waals surface area contributed by atoms with E-state index in [1.807, 2.05) is 6.92 Å². The van der Waals surface area contributed by atoms with Gasteiger partial charge in [-0.2, -0.15) is 0 Å². The normalized spacial score (nSPS) is 9.29. The van der Waals surface area contributed by atoms with E-state index in [1.54, 1.807) is 6.07 Å². The molecule has 14 heavy (non-hydrogen) atoms. The number of nitrogens with zero attached hydrogens (tertiary/aromatic N) is 1. The molecule has 0 bridgehead atoms. The van der Waals surface area contributed by atoms with Crippen molar-refractivity contribution in [3.05, 3.63) is 17.3 Å². The lowest BCUT2D eigenvalue weighted by Crippen LogP contribution is -2.01. The molecular weight excluding hydrogens is 176 g/mol. The van der Waals surface area contributed by atoms with Gasteiger partial charge in [0.05, 0.1) is 11.4 Å². The van der Waals surface area contributed by atoms with Crippen LogP contribution in [-0.4, -0.2) is 11.5 Å². The van der Waals surface area contributed by atoms with Gasteiger partial charge >= 0.3 is 0 Å². The lowest BCUT2D eigenvalue weighted by Gasteiger charge is -2.02. The first-order valence-corrected chi connectivity index (χ1v) is 4.36. The first-order valence-electron chi connectivity index (χ1n) is 4.36. The Balaban J connectivity index is 3.00. The molecule has 0 saturated carbocycles. The van der Waals surface area contributed by atoms with Gasteiger partial charge in [-0.05, 0) is 13.0 Å². The maximum Gasteiger partial charge on any atom is 0.146 e. The van der Waals surface area contributed by atoms with Crippen LogP contribution in [0.2, 0.25) is 0 Å². The van der Waals surface area contributed by atoms with E-state index >= 15 is 0 Å². The van der Waals surface area contributed by atoms with Crippen molar-refractivity contribution in [3.8, 4) is 11.8 Å². The zero-order valence-corrected chi connectivity index (χ0v) is 8.17. The van der Waals surface area contributed by atoms with E-state index in [2.05, 4.69) is 16.8 Å². The van der Waals surface area contributed by atoms with Crippen molar-refractivity contribution in [2.75, 3.05) is 18.0 Å². The zero-order chi connectivity index (χ0) is 10.6. The van der Waals surface area contributed by atoms with Gasteiger partial charge in [0.2, 0.25) is 0 Å². The van der Waals surface area contributed by atoms with Gasteiger partial charge < -0.3 is 17.2 Å². The quantitative estimate of drug-likeness (QED) is 0.554. The van der Waals surface area contributed by atoms with Gasteiger partial charge in [0.25, 0.3) is 0 Å². The van der Waals surface area contributed by atoms with Crippen LogP contribution in [-0.2, 0) is 0 Å². The molecule has 0 aliphatic rings. The Hall–Kier alpha value is -1.73. The van der Waals surface area contributed by atoms with E-state index in [1.165, 1.54) is 0 Å². The third kappa shape index (κ3) is 2.38. The van der Waals surface area contributed by atoms with Crippen LogP contribution in [0.4, 0.5) is 11.5 Å². The summed E-state index contributed by atoms with van der Waals surface area (Å²) in [5.41, 5.74) is 18.5. The third-order valence-electron chi connectivity index (χ3n) is 1.77. The van der Waals surface area contributed by atoms with Crippen molar-refractivity contribution in [2.24, 2.45) is 5.73 Å². The number of aromatic nitrogens is 1. The topological polar surface area (TPSA) is 90.9 Å². The maximum atomic E-state index is 5.61. The minimum atomic E-state index is 0.354. The molecule has 0 unspecified atom stereocenters. The van der Waals surface area contributed by atoms with Crippen molar-refractivity contribution >= 4 is 11.5 Å².